The Hall–Kier alpha value is -1.73. The maximum Gasteiger partial charge on any atom is 0.254 e. The van der Waals surface area contributed by atoms with Crippen molar-refractivity contribution in [3.63, 3.8) is 0 Å². The summed E-state index contributed by atoms with van der Waals surface area (Å²) in [5.74, 6) is 0.0827. The normalized spacial score (nSPS) is 10.4. The highest BCUT2D eigenvalue weighted by Gasteiger charge is 2.13. The predicted molar refractivity (Wildman–Crippen MR) is 64.2 cm³/mol. The summed E-state index contributed by atoms with van der Waals surface area (Å²) in [5.41, 5.74) is 0.160. The molecule has 0 bridgehead atoms. The molecule has 0 aliphatic rings. The van der Waals surface area contributed by atoms with Gasteiger partial charge in [0.25, 0.3) is 5.91 Å². The van der Waals surface area contributed by atoms with Crippen LogP contribution in [0.5, 0.6) is 0 Å². The van der Waals surface area contributed by atoms with Crippen LogP contribution in [-0.4, -0.2) is 30.9 Å². The van der Waals surface area contributed by atoms with E-state index in [1.54, 1.807) is 18.1 Å². The smallest absolute Gasteiger partial charge is 0.254 e. The number of rotatable bonds is 3. The summed E-state index contributed by atoms with van der Waals surface area (Å²) in [5, 5.41) is 13.8. The average Bonchev–Trinajstić information content (AvgIpc) is 2.75. The van der Waals surface area contributed by atoms with E-state index in [9.17, 15) is 4.79 Å². The third kappa shape index (κ3) is 2.93. The SMILES string of the molecule is Cn1cnc(CNC(=O)c2cc(Cl)nnc2Cl)n1. The molecule has 0 unspecified atom stereocenters. The Morgan fingerprint density at radius 2 is 2.22 bits per heavy atom. The van der Waals surface area contributed by atoms with E-state index >= 15 is 0 Å². The number of halogens is 2. The zero-order chi connectivity index (χ0) is 13.1. The van der Waals surface area contributed by atoms with E-state index in [-0.39, 0.29) is 22.4 Å². The van der Waals surface area contributed by atoms with Gasteiger partial charge in [0.05, 0.1) is 12.1 Å². The summed E-state index contributed by atoms with van der Waals surface area (Å²) in [4.78, 5) is 15.8. The van der Waals surface area contributed by atoms with Crippen LogP contribution in [0.1, 0.15) is 16.2 Å². The molecule has 0 saturated carbocycles. The van der Waals surface area contributed by atoms with Crippen LogP contribution in [0, 0.1) is 0 Å². The Bertz CT molecular complexity index is 584. The summed E-state index contributed by atoms with van der Waals surface area (Å²) in [7, 11) is 1.74. The Morgan fingerprint density at radius 1 is 1.44 bits per heavy atom. The van der Waals surface area contributed by atoms with E-state index in [0.29, 0.717) is 5.82 Å². The van der Waals surface area contributed by atoms with Crippen LogP contribution in [0.4, 0.5) is 0 Å². The molecule has 0 atom stereocenters. The van der Waals surface area contributed by atoms with Crippen molar-refractivity contribution in [1.82, 2.24) is 30.3 Å². The lowest BCUT2D eigenvalue weighted by Crippen LogP contribution is -2.24. The van der Waals surface area contributed by atoms with Gasteiger partial charge in [-0.25, -0.2) is 4.98 Å². The van der Waals surface area contributed by atoms with Crippen LogP contribution in [-0.2, 0) is 13.6 Å². The second kappa shape index (κ2) is 5.28. The molecule has 2 heterocycles. The fourth-order valence-electron chi connectivity index (χ4n) is 1.23. The van der Waals surface area contributed by atoms with Crippen molar-refractivity contribution in [3.8, 4) is 0 Å². The highest BCUT2D eigenvalue weighted by Crippen LogP contribution is 2.15. The standard InChI is InChI=1S/C9H8Cl2N6O/c1-17-4-13-7(16-17)3-12-9(18)5-2-6(10)14-15-8(5)11/h2,4H,3H2,1H3,(H,12,18). The van der Waals surface area contributed by atoms with Crippen molar-refractivity contribution in [2.75, 3.05) is 0 Å². The highest BCUT2D eigenvalue weighted by atomic mass is 35.5. The van der Waals surface area contributed by atoms with Gasteiger partial charge in [-0.2, -0.15) is 5.10 Å². The van der Waals surface area contributed by atoms with Crippen molar-refractivity contribution >= 4 is 29.1 Å². The monoisotopic (exact) mass is 286 g/mol. The summed E-state index contributed by atoms with van der Waals surface area (Å²) in [6.07, 6.45) is 1.54. The van der Waals surface area contributed by atoms with E-state index in [1.165, 1.54) is 6.07 Å². The average molecular weight is 287 g/mol. The number of nitrogens with one attached hydrogen (secondary N) is 1. The fraction of sp³-hybridized carbons (Fsp3) is 0.222. The lowest BCUT2D eigenvalue weighted by Gasteiger charge is -2.03. The van der Waals surface area contributed by atoms with Gasteiger partial charge in [-0.05, 0) is 6.07 Å². The molecule has 9 heteroatoms. The number of carbonyl (C=O) groups excluding carboxylic acids is 1. The summed E-state index contributed by atoms with van der Waals surface area (Å²) < 4.78 is 1.54. The number of hydrogen-bond acceptors (Lipinski definition) is 5. The van der Waals surface area contributed by atoms with E-state index in [2.05, 4.69) is 25.6 Å². The first-order valence-corrected chi connectivity index (χ1v) is 5.63. The van der Waals surface area contributed by atoms with E-state index in [4.69, 9.17) is 23.2 Å². The summed E-state index contributed by atoms with van der Waals surface area (Å²) in [6.45, 7) is 0.190. The van der Waals surface area contributed by atoms with Gasteiger partial charge < -0.3 is 5.32 Å². The molecule has 2 aromatic rings. The van der Waals surface area contributed by atoms with Crippen LogP contribution in [0.2, 0.25) is 10.3 Å². The molecule has 18 heavy (non-hydrogen) atoms. The van der Waals surface area contributed by atoms with Gasteiger partial charge in [0.15, 0.2) is 16.1 Å². The third-order valence-corrected chi connectivity index (χ3v) is 2.48. The van der Waals surface area contributed by atoms with Crippen molar-refractivity contribution in [1.29, 1.82) is 0 Å². The lowest BCUT2D eigenvalue weighted by molar-refractivity contribution is 0.0949. The summed E-state index contributed by atoms with van der Waals surface area (Å²) >= 11 is 11.4. The van der Waals surface area contributed by atoms with Gasteiger partial charge in [-0.15, -0.1) is 10.2 Å². The van der Waals surface area contributed by atoms with Crippen LogP contribution in [0.25, 0.3) is 0 Å². The molecular formula is C9H8Cl2N6O. The molecule has 0 fully saturated rings. The quantitative estimate of drug-likeness (QED) is 0.904. The maximum absolute atomic E-state index is 11.8. The molecule has 0 aliphatic carbocycles. The second-order valence-electron chi connectivity index (χ2n) is 3.39. The highest BCUT2D eigenvalue weighted by molar-refractivity contribution is 6.34. The fourth-order valence-corrected chi connectivity index (χ4v) is 1.56. The molecule has 1 amide bonds. The van der Waals surface area contributed by atoms with Gasteiger partial charge in [0.2, 0.25) is 0 Å². The van der Waals surface area contributed by atoms with E-state index in [0.717, 1.165) is 0 Å². The van der Waals surface area contributed by atoms with Gasteiger partial charge >= 0.3 is 0 Å². The molecule has 2 rings (SSSR count). The number of amides is 1. The van der Waals surface area contributed by atoms with Gasteiger partial charge in [0, 0.05) is 7.05 Å². The van der Waals surface area contributed by atoms with Gasteiger partial charge in [0.1, 0.15) is 6.33 Å². The summed E-state index contributed by atoms with van der Waals surface area (Å²) in [6, 6.07) is 1.35. The molecule has 0 aliphatic heterocycles. The van der Waals surface area contributed by atoms with Crippen LogP contribution >= 0.6 is 23.2 Å². The lowest BCUT2D eigenvalue weighted by atomic mass is 10.3. The van der Waals surface area contributed by atoms with Crippen molar-refractivity contribution in [2.45, 2.75) is 6.54 Å². The van der Waals surface area contributed by atoms with E-state index in [1.807, 2.05) is 0 Å². The number of aryl methyl sites for hydroxylation is 1. The Kier molecular flexibility index (Phi) is 3.73. The molecule has 2 aromatic heterocycles. The minimum absolute atomic E-state index is 0.00844. The Labute approximate surface area is 112 Å². The zero-order valence-corrected chi connectivity index (χ0v) is 10.8. The molecule has 1 N–H and O–H groups in total. The molecule has 0 aromatic carbocycles. The van der Waals surface area contributed by atoms with Crippen molar-refractivity contribution in [2.24, 2.45) is 7.05 Å². The first-order chi connectivity index (χ1) is 8.56. The van der Waals surface area contributed by atoms with Crippen LogP contribution < -0.4 is 5.32 Å². The van der Waals surface area contributed by atoms with Crippen LogP contribution in [0.15, 0.2) is 12.4 Å². The second-order valence-corrected chi connectivity index (χ2v) is 4.13. The number of hydrogen-bond donors (Lipinski definition) is 1. The number of nitrogens with zero attached hydrogens (tertiary/aromatic N) is 5. The number of aromatic nitrogens is 5. The van der Waals surface area contributed by atoms with Crippen LogP contribution in [0.3, 0.4) is 0 Å². The van der Waals surface area contributed by atoms with Gasteiger partial charge in [-0.3, -0.25) is 9.48 Å². The zero-order valence-electron chi connectivity index (χ0n) is 9.26. The molecular weight excluding hydrogens is 279 g/mol. The number of carbonyl (C=O) groups is 1. The molecule has 0 radical (unpaired) electrons. The maximum atomic E-state index is 11.8. The minimum atomic E-state index is -0.413. The minimum Gasteiger partial charge on any atom is -0.345 e. The largest absolute Gasteiger partial charge is 0.345 e. The van der Waals surface area contributed by atoms with E-state index < -0.39 is 5.91 Å². The first kappa shape index (κ1) is 12.7. The Morgan fingerprint density at radius 3 is 2.89 bits per heavy atom. The van der Waals surface area contributed by atoms with Crippen molar-refractivity contribution < 1.29 is 4.79 Å². The third-order valence-electron chi connectivity index (χ3n) is 2.02. The molecule has 0 saturated heterocycles. The molecule has 0 spiro atoms. The molecule has 7 nitrogen and oxygen atoms in total. The van der Waals surface area contributed by atoms with Gasteiger partial charge in [-0.1, -0.05) is 23.2 Å². The molecule has 94 valence electrons. The first-order valence-electron chi connectivity index (χ1n) is 4.87. The Balaban J connectivity index is 2.05. The van der Waals surface area contributed by atoms with Crippen molar-refractivity contribution in [3.05, 3.63) is 34.1 Å². The predicted octanol–water partition coefficient (Wildman–Crippen LogP) is 0.842. The topological polar surface area (TPSA) is 85.6 Å².